The highest BCUT2D eigenvalue weighted by Crippen LogP contribution is 2.35. The molecule has 0 bridgehead atoms. The standard InChI is InChI=1S/C11H10ClF4NO/c12-8-4-6(11(14,15)16)3-7(10(8)13)9-5-18-2-1-17-9/h3-4,9,17H,1-2,5H2/t9-/m1/s1. The van der Waals surface area contributed by atoms with E-state index >= 15 is 0 Å². The van der Waals surface area contributed by atoms with E-state index in [0.717, 1.165) is 6.07 Å². The molecule has 1 saturated heterocycles. The summed E-state index contributed by atoms with van der Waals surface area (Å²) in [6.45, 7) is 1.03. The molecule has 100 valence electrons. The van der Waals surface area contributed by atoms with Crippen LogP contribution < -0.4 is 5.32 Å². The second kappa shape index (κ2) is 5.03. The minimum Gasteiger partial charge on any atom is -0.378 e. The van der Waals surface area contributed by atoms with E-state index in [1.807, 2.05) is 0 Å². The van der Waals surface area contributed by atoms with Gasteiger partial charge in [-0.25, -0.2) is 4.39 Å². The summed E-state index contributed by atoms with van der Waals surface area (Å²) >= 11 is 5.50. The van der Waals surface area contributed by atoms with Crippen molar-refractivity contribution in [3.63, 3.8) is 0 Å². The number of hydrogen-bond acceptors (Lipinski definition) is 2. The van der Waals surface area contributed by atoms with E-state index in [2.05, 4.69) is 5.32 Å². The lowest BCUT2D eigenvalue weighted by Gasteiger charge is -2.25. The zero-order valence-electron chi connectivity index (χ0n) is 9.15. The molecule has 1 aromatic carbocycles. The number of rotatable bonds is 1. The zero-order valence-corrected chi connectivity index (χ0v) is 9.91. The van der Waals surface area contributed by atoms with E-state index in [1.54, 1.807) is 0 Å². The predicted octanol–water partition coefficient (Wildman–Crippen LogP) is 3.16. The lowest BCUT2D eigenvalue weighted by atomic mass is 10.0. The van der Waals surface area contributed by atoms with Crippen molar-refractivity contribution in [3.8, 4) is 0 Å². The fourth-order valence-corrected chi connectivity index (χ4v) is 2.02. The first-order valence-corrected chi connectivity index (χ1v) is 5.64. The third-order valence-corrected chi connectivity index (χ3v) is 2.96. The van der Waals surface area contributed by atoms with Crippen LogP contribution in [0.5, 0.6) is 0 Å². The van der Waals surface area contributed by atoms with Gasteiger partial charge in [0, 0.05) is 12.1 Å². The lowest BCUT2D eigenvalue weighted by Crippen LogP contribution is -2.35. The maximum absolute atomic E-state index is 13.8. The second-order valence-electron chi connectivity index (χ2n) is 3.94. The molecule has 1 heterocycles. The highest BCUT2D eigenvalue weighted by molar-refractivity contribution is 6.30. The molecule has 0 aromatic heterocycles. The molecule has 1 N–H and O–H groups in total. The van der Waals surface area contributed by atoms with Crippen LogP contribution in [-0.2, 0) is 10.9 Å². The van der Waals surface area contributed by atoms with Gasteiger partial charge in [-0.3, -0.25) is 0 Å². The molecule has 1 aromatic rings. The number of halogens is 5. The smallest absolute Gasteiger partial charge is 0.378 e. The van der Waals surface area contributed by atoms with Crippen molar-refractivity contribution in [2.45, 2.75) is 12.2 Å². The van der Waals surface area contributed by atoms with Crippen LogP contribution in [-0.4, -0.2) is 19.8 Å². The molecule has 1 aliphatic heterocycles. The van der Waals surface area contributed by atoms with Gasteiger partial charge in [0.1, 0.15) is 5.82 Å². The largest absolute Gasteiger partial charge is 0.416 e. The average Bonchev–Trinajstić information content (AvgIpc) is 2.32. The fourth-order valence-electron chi connectivity index (χ4n) is 1.79. The van der Waals surface area contributed by atoms with Gasteiger partial charge in [0.25, 0.3) is 0 Å². The molecule has 2 rings (SSSR count). The Morgan fingerprint density at radius 2 is 2.06 bits per heavy atom. The van der Waals surface area contributed by atoms with Crippen molar-refractivity contribution in [2.75, 3.05) is 19.8 Å². The molecule has 7 heteroatoms. The van der Waals surface area contributed by atoms with Crippen LogP contribution in [0.1, 0.15) is 17.2 Å². The highest BCUT2D eigenvalue weighted by Gasteiger charge is 2.33. The summed E-state index contributed by atoms with van der Waals surface area (Å²) in [5.74, 6) is -0.840. The second-order valence-corrected chi connectivity index (χ2v) is 4.35. The van der Waals surface area contributed by atoms with Crippen LogP contribution in [0.4, 0.5) is 17.6 Å². The minimum absolute atomic E-state index is 0.116. The minimum atomic E-state index is -4.55. The molecule has 0 unspecified atom stereocenters. The van der Waals surface area contributed by atoms with Crippen LogP contribution >= 0.6 is 11.6 Å². The summed E-state index contributed by atoms with van der Waals surface area (Å²) in [5, 5.41) is 2.36. The van der Waals surface area contributed by atoms with Crippen LogP contribution in [0.2, 0.25) is 5.02 Å². The maximum atomic E-state index is 13.8. The van der Waals surface area contributed by atoms with E-state index in [4.69, 9.17) is 16.3 Å². The lowest BCUT2D eigenvalue weighted by molar-refractivity contribution is -0.137. The Labute approximate surface area is 106 Å². The molecular weight excluding hydrogens is 274 g/mol. The third kappa shape index (κ3) is 2.76. The Hall–Kier alpha value is -0.850. The van der Waals surface area contributed by atoms with Gasteiger partial charge in [0.15, 0.2) is 0 Å². The van der Waals surface area contributed by atoms with Gasteiger partial charge < -0.3 is 10.1 Å². The van der Waals surface area contributed by atoms with Gasteiger partial charge in [0.05, 0.1) is 29.8 Å². The van der Waals surface area contributed by atoms with Crippen molar-refractivity contribution in [3.05, 3.63) is 34.1 Å². The molecule has 0 saturated carbocycles. The normalized spacial score (nSPS) is 21.1. The number of benzene rings is 1. The highest BCUT2D eigenvalue weighted by atomic mass is 35.5. The number of nitrogens with one attached hydrogen (secondary N) is 1. The average molecular weight is 284 g/mol. The summed E-state index contributed by atoms with van der Waals surface area (Å²) in [7, 11) is 0. The number of hydrogen-bond donors (Lipinski definition) is 1. The quantitative estimate of drug-likeness (QED) is 0.800. The predicted molar refractivity (Wildman–Crippen MR) is 58.0 cm³/mol. The molecule has 1 fully saturated rings. The number of morpholine rings is 1. The Bertz CT molecular complexity index is 443. The molecule has 0 spiro atoms. The molecular formula is C11H10ClF4NO. The van der Waals surface area contributed by atoms with Gasteiger partial charge in [0.2, 0.25) is 0 Å². The van der Waals surface area contributed by atoms with E-state index in [0.29, 0.717) is 19.2 Å². The number of alkyl halides is 3. The van der Waals surface area contributed by atoms with Crippen LogP contribution in [0.3, 0.4) is 0 Å². The summed E-state index contributed by atoms with van der Waals surface area (Å²) in [6.07, 6.45) is -4.55. The van der Waals surface area contributed by atoms with E-state index < -0.39 is 28.6 Å². The Morgan fingerprint density at radius 3 is 2.61 bits per heavy atom. The van der Waals surface area contributed by atoms with Crippen molar-refractivity contribution < 1.29 is 22.3 Å². The zero-order chi connectivity index (χ0) is 13.3. The van der Waals surface area contributed by atoms with Crippen LogP contribution in [0.25, 0.3) is 0 Å². The maximum Gasteiger partial charge on any atom is 0.416 e. The van der Waals surface area contributed by atoms with Crippen LogP contribution in [0, 0.1) is 5.82 Å². The van der Waals surface area contributed by atoms with Gasteiger partial charge in [-0.05, 0) is 12.1 Å². The number of ether oxygens (including phenoxy) is 1. The monoisotopic (exact) mass is 283 g/mol. The van der Waals surface area contributed by atoms with Crippen molar-refractivity contribution in [1.29, 1.82) is 0 Å². The molecule has 0 aliphatic carbocycles. The molecule has 1 atom stereocenters. The van der Waals surface area contributed by atoms with Crippen molar-refractivity contribution >= 4 is 11.6 Å². The topological polar surface area (TPSA) is 21.3 Å². The fraction of sp³-hybridized carbons (Fsp3) is 0.455. The van der Waals surface area contributed by atoms with E-state index in [9.17, 15) is 17.6 Å². The molecule has 18 heavy (non-hydrogen) atoms. The molecule has 0 radical (unpaired) electrons. The Morgan fingerprint density at radius 1 is 1.33 bits per heavy atom. The first kappa shape index (κ1) is 13.6. The van der Waals surface area contributed by atoms with Crippen molar-refractivity contribution in [1.82, 2.24) is 5.32 Å². The molecule has 1 aliphatic rings. The summed E-state index contributed by atoms with van der Waals surface area (Å²) in [4.78, 5) is 0. The van der Waals surface area contributed by atoms with Gasteiger partial charge >= 0.3 is 6.18 Å². The first-order valence-electron chi connectivity index (χ1n) is 5.27. The van der Waals surface area contributed by atoms with E-state index in [-0.39, 0.29) is 12.2 Å². The van der Waals surface area contributed by atoms with Gasteiger partial charge in [-0.1, -0.05) is 11.6 Å². The summed E-state index contributed by atoms with van der Waals surface area (Å²) in [5.41, 5.74) is -1.08. The molecule has 0 amide bonds. The summed E-state index contributed by atoms with van der Waals surface area (Å²) in [6, 6.07) is 0.746. The third-order valence-electron chi connectivity index (χ3n) is 2.68. The van der Waals surface area contributed by atoms with E-state index in [1.165, 1.54) is 0 Å². The van der Waals surface area contributed by atoms with Gasteiger partial charge in [-0.15, -0.1) is 0 Å². The van der Waals surface area contributed by atoms with Gasteiger partial charge in [-0.2, -0.15) is 13.2 Å². The van der Waals surface area contributed by atoms with Crippen molar-refractivity contribution in [2.24, 2.45) is 0 Å². The molecule has 2 nitrogen and oxygen atoms in total. The Balaban J connectivity index is 2.42. The Kier molecular flexibility index (Phi) is 3.79. The SMILES string of the molecule is Fc1c(Cl)cc(C(F)(F)F)cc1[C@H]1COCCN1. The first-order chi connectivity index (χ1) is 8.39. The summed E-state index contributed by atoms with van der Waals surface area (Å²) < 4.78 is 56.7. The van der Waals surface area contributed by atoms with Crippen LogP contribution in [0.15, 0.2) is 12.1 Å².